The highest BCUT2D eigenvalue weighted by molar-refractivity contribution is 7.91. The minimum absolute atomic E-state index is 0.0742. The number of benzene rings is 2. The van der Waals surface area contributed by atoms with Gasteiger partial charge in [-0.05, 0) is 30.3 Å². The molecular weight excluding hydrogens is 380 g/mol. The van der Waals surface area contributed by atoms with Crippen LogP contribution in [0.25, 0.3) is 0 Å². The van der Waals surface area contributed by atoms with Gasteiger partial charge in [-0.1, -0.05) is 17.7 Å². The van der Waals surface area contributed by atoms with E-state index in [1.54, 1.807) is 30.3 Å². The summed E-state index contributed by atoms with van der Waals surface area (Å²) in [4.78, 5) is 12.0. The molecule has 26 heavy (non-hydrogen) atoms. The van der Waals surface area contributed by atoms with Gasteiger partial charge in [-0.3, -0.25) is 4.79 Å². The Hall–Kier alpha value is -2.45. The van der Waals surface area contributed by atoms with Gasteiger partial charge >= 0.3 is 0 Å². The quantitative estimate of drug-likeness (QED) is 0.744. The van der Waals surface area contributed by atoms with Crippen LogP contribution >= 0.6 is 11.6 Å². The summed E-state index contributed by atoms with van der Waals surface area (Å²) >= 11 is 5.87. The molecule has 0 aliphatic carbocycles. The number of anilines is 2. The first-order chi connectivity index (χ1) is 12.3. The highest BCUT2D eigenvalue weighted by atomic mass is 35.5. The maximum atomic E-state index is 12.2. The Kier molecular flexibility index (Phi) is 6.33. The number of amides is 1. The second kappa shape index (κ2) is 8.29. The van der Waals surface area contributed by atoms with E-state index >= 15 is 0 Å². The average molecular weight is 399 g/mol. The number of hydrogen-bond acceptors (Lipinski definition) is 6. The molecule has 0 heterocycles. The van der Waals surface area contributed by atoms with E-state index in [4.69, 9.17) is 21.1 Å². The van der Waals surface area contributed by atoms with E-state index in [1.165, 1.54) is 20.3 Å². The summed E-state index contributed by atoms with van der Waals surface area (Å²) in [6, 6.07) is 9.79. The molecule has 9 heteroatoms. The van der Waals surface area contributed by atoms with Crippen molar-refractivity contribution < 1.29 is 22.7 Å². The van der Waals surface area contributed by atoms with Crippen molar-refractivity contribution in [2.24, 2.45) is 0 Å². The van der Waals surface area contributed by atoms with Crippen molar-refractivity contribution in [1.82, 2.24) is 0 Å². The lowest BCUT2D eigenvalue weighted by molar-refractivity contribution is -0.114. The minimum atomic E-state index is -3.64. The van der Waals surface area contributed by atoms with E-state index in [9.17, 15) is 13.2 Å². The van der Waals surface area contributed by atoms with Crippen LogP contribution in [0, 0.1) is 0 Å². The molecule has 0 fully saturated rings. The van der Waals surface area contributed by atoms with Crippen molar-refractivity contribution in [3.8, 4) is 11.5 Å². The fourth-order valence-electron chi connectivity index (χ4n) is 2.35. The summed E-state index contributed by atoms with van der Waals surface area (Å²) < 4.78 is 34.7. The molecule has 7 nitrogen and oxygen atoms in total. The zero-order valence-electron chi connectivity index (χ0n) is 14.5. The Morgan fingerprint density at radius 3 is 2.46 bits per heavy atom. The fourth-order valence-corrected chi connectivity index (χ4v) is 3.60. The van der Waals surface area contributed by atoms with Gasteiger partial charge in [0.2, 0.25) is 5.91 Å². The third kappa shape index (κ3) is 4.80. The van der Waals surface area contributed by atoms with Crippen LogP contribution in [0.4, 0.5) is 11.4 Å². The first-order valence-electron chi connectivity index (χ1n) is 7.50. The number of rotatable bonds is 7. The smallest absolute Gasteiger partial charge is 0.243 e. The minimum Gasteiger partial charge on any atom is -0.493 e. The zero-order valence-corrected chi connectivity index (χ0v) is 16.1. The van der Waals surface area contributed by atoms with Gasteiger partial charge in [0, 0.05) is 17.0 Å². The summed E-state index contributed by atoms with van der Waals surface area (Å²) in [5.74, 6) is -0.00129. The van der Waals surface area contributed by atoms with E-state index < -0.39 is 9.84 Å². The van der Waals surface area contributed by atoms with Crippen LogP contribution in [0.5, 0.6) is 11.5 Å². The molecule has 2 rings (SSSR count). The second-order valence-corrected chi connectivity index (χ2v) is 7.75. The van der Waals surface area contributed by atoms with Crippen molar-refractivity contribution in [3.63, 3.8) is 0 Å². The zero-order chi connectivity index (χ0) is 19.3. The number of nitrogens with one attached hydrogen (secondary N) is 2. The molecule has 0 unspecified atom stereocenters. The average Bonchev–Trinajstić information content (AvgIpc) is 2.58. The molecule has 0 saturated carbocycles. The Bertz CT molecular complexity index is 915. The molecule has 2 aromatic rings. The second-order valence-electron chi connectivity index (χ2n) is 5.36. The lowest BCUT2D eigenvalue weighted by atomic mass is 10.2. The Morgan fingerprint density at radius 2 is 1.88 bits per heavy atom. The van der Waals surface area contributed by atoms with Gasteiger partial charge in [-0.15, -0.1) is 0 Å². The first kappa shape index (κ1) is 19.9. The lowest BCUT2D eigenvalue weighted by Gasteiger charge is -2.16. The number of sulfone groups is 1. The lowest BCUT2D eigenvalue weighted by Crippen LogP contribution is -2.22. The van der Waals surface area contributed by atoms with Gasteiger partial charge in [0.15, 0.2) is 21.3 Å². The molecule has 0 aromatic heterocycles. The highest BCUT2D eigenvalue weighted by Gasteiger charge is 2.23. The summed E-state index contributed by atoms with van der Waals surface area (Å²) in [6.45, 7) is -0.148. The van der Waals surface area contributed by atoms with Crippen molar-refractivity contribution >= 4 is 38.7 Å². The maximum Gasteiger partial charge on any atom is 0.243 e. The van der Waals surface area contributed by atoms with Gasteiger partial charge < -0.3 is 20.1 Å². The van der Waals surface area contributed by atoms with E-state index in [0.29, 0.717) is 10.7 Å². The third-order valence-corrected chi connectivity index (χ3v) is 4.80. The number of methoxy groups -OCH3 is 2. The van der Waals surface area contributed by atoms with Crippen molar-refractivity contribution in [2.45, 2.75) is 4.90 Å². The van der Waals surface area contributed by atoms with Crippen molar-refractivity contribution in [1.29, 1.82) is 0 Å². The predicted molar refractivity (Wildman–Crippen MR) is 101 cm³/mol. The van der Waals surface area contributed by atoms with Gasteiger partial charge in [-0.2, -0.15) is 0 Å². The maximum absolute atomic E-state index is 12.2. The van der Waals surface area contributed by atoms with Crippen LogP contribution in [-0.2, 0) is 14.6 Å². The monoisotopic (exact) mass is 398 g/mol. The normalized spacial score (nSPS) is 10.9. The first-order valence-corrected chi connectivity index (χ1v) is 9.77. The fraction of sp³-hybridized carbons (Fsp3) is 0.235. The van der Waals surface area contributed by atoms with E-state index in [0.717, 1.165) is 6.26 Å². The molecule has 0 spiro atoms. The van der Waals surface area contributed by atoms with Crippen LogP contribution in [0.2, 0.25) is 5.02 Å². The van der Waals surface area contributed by atoms with E-state index in [2.05, 4.69) is 10.6 Å². The number of carbonyl (C=O) groups excluding carboxylic acids is 1. The highest BCUT2D eigenvalue weighted by Crippen LogP contribution is 2.39. The predicted octanol–water partition coefficient (Wildman–Crippen LogP) is 2.81. The van der Waals surface area contributed by atoms with Crippen LogP contribution in [0.3, 0.4) is 0 Å². The van der Waals surface area contributed by atoms with Crippen LogP contribution in [-0.4, -0.2) is 41.3 Å². The van der Waals surface area contributed by atoms with E-state index in [-0.39, 0.29) is 34.5 Å². The van der Waals surface area contributed by atoms with Crippen molar-refractivity contribution in [3.05, 3.63) is 41.4 Å². The Morgan fingerprint density at radius 1 is 1.15 bits per heavy atom. The summed E-state index contributed by atoms with van der Waals surface area (Å²) in [6.07, 6.45) is 1.06. The van der Waals surface area contributed by atoms with Gasteiger partial charge in [0.25, 0.3) is 0 Å². The van der Waals surface area contributed by atoms with Gasteiger partial charge in [-0.25, -0.2) is 8.42 Å². The number of halogens is 1. The van der Waals surface area contributed by atoms with E-state index in [1.807, 2.05) is 0 Å². The van der Waals surface area contributed by atoms with Crippen LogP contribution < -0.4 is 20.1 Å². The van der Waals surface area contributed by atoms with Crippen molar-refractivity contribution in [2.75, 3.05) is 37.7 Å². The Balaban J connectivity index is 2.22. The largest absolute Gasteiger partial charge is 0.493 e. The summed E-state index contributed by atoms with van der Waals surface area (Å²) in [7, 11) is -0.876. The molecule has 0 atom stereocenters. The molecule has 2 aromatic carbocycles. The molecule has 1 amide bonds. The molecule has 0 saturated heterocycles. The molecule has 140 valence electrons. The molecule has 0 radical (unpaired) electrons. The topological polar surface area (TPSA) is 93.7 Å². The Labute approximate surface area is 157 Å². The SMILES string of the molecule is COc1ccc(NCC(=O)Nc2cccc(Cl)c2)c(S(C)(=O)=O)c1OC. The van der Waals surface area contributed by atoms with Crippen LogP contribution in [0.15, 0.2) is 41.3 Å². The molecular formula is C17H19ClN2O5S. The standard InChI is InChI=1S/C17H19ClN2O5S/c1-24-14-8-7-13(17(16(14)25-2)26(3,22)23)19-10-15(21)20-12-6-4-5-11(18)9-12/h4-9,19H,10H2,1-3H3,(H,20,21). The molecule has 2 N–H and O–H groups in total. The molecule has 0 bridgehead atoms. The molecule has 0 aliphatic heterocycles. The van der Waals surface area contributed by atoms with Crippen LogP contribution in [0.1, 0.15) is 0 Å². The molecule has 0 aliphatic rings. The number of ether oxygens (including phenoxy) is 2. The van der Waals surface area contributed by atoms with Gasteiger partial charge in [0.05, 0.1) is 26.5 Å². The summed E-state index contributed by atoms with van der Waals surface area (Å²) in [5.41, 5.74) is 0.784. The number of hydrogen-bond donors (Lipinski definition) is 2. The van der Waals surface area contributed by atoms with Gasteiger partial charge in [0.1, 0.15) is 4.90 Å². The third-order valence-electron chi connectivity index (χ3n) is 3.42. The number of carbonyl (C=O) groups is 1. The summed E-state index contributed by atoms with van der Waals surface area (Å²) in [5, 5.41) is 5.99.